The van der Waals surface area contributed by atoms with E-state index in [4.69, 9.17) is 0 Å². The molecule has 2 heterocycles. The lowest BCUT2D eigenvalue weighted by Crippen LogP contribution is -2.33. The molecule has 0 saturated carbocycles. The molecule has 1 aromatic heterocycles. The zero-order chi connectivity index (χ0) is 19.4. The van der Waals surface area contributed by atoms with Crippen LogP contribution in [0.25, 0.3) is 0 Å². The first-order chi connectivity index (χ1) is 12.9. The van der Waals surface area contributed by atoms with Gasteiger partial charge in [0, 0.05) is 17.8 Å². The number of carbonyl (C=O) groups is 3. The van der Waals surface area contributed by atoms with E-state index in [2.05, 4.69) is 15.6 Å². The Bertz CT molecular complexity index is 830. The van der Waals surface area contributed by atoms with E-state index in [1.165, 1.54) is 16.2 Å². The number of thiazole rings is 1. The Morgan fingerprint density at radius 1 is 1.26 bits per heavy atom. The second-order valence-electron chi connectivity index (χ2n) is 6.48. The van der Waals surface area contributed by atoms with Gasteiger partial charge < -0.3 is 10.6 Å². The van der Waals surface area contributed by atoms with Crippen LogP contribution in [0.2, 0.25) is 0 Å². The minimum Gasteiger partial charge on any atom is -0.326 e. The van der Waals surface area contributed by atoms with Crippen LogP contribution in [-0.4, -0.2) is 40.3 Å². The average Bonchev–Trinajstić information content (AvgIpc) is 3.10. The Kier molecular flexibility index (Phi) is 5.85. The number of hydrogen-bond acceptors (Lipinski definition) is 5. The van der Waals surface area contributed by atoms with E-state index in [9.17, 15) is 14.4 Å². The fraction of sp³-hybridized carbons (Fsp3) is 0.368. The number of nitrogens with zero attached hydrogens (tertiary/aromatic N) is 2. The van der Waals surface area contributed by atoms with Crippen LogP contribution in [0, 0.1) is 13.8 Å². The van der Waals surface area contributed by atoms with Gasteiger partial charge in [-0.15, -0.1) is 11.3 Å². The van der Waals surface area contributed by atoms with Crippen LogP contribution in [0.1, 0.15) is 29.0 Å². The Labute approximate surface area is 161 Å². The van der Waals surface area contributed by atoms with Crippen LogP contribution in [0.5, 0.6) is 0 Å². The van der Waals surface area contributed by atoms with Crippen LogP contribution in [0.15, 0.2) is 30.3 Å². The van der Waals surface area contributed by atoms with E-state index in [0.717, 1.165) is 16.1 Å². The number of urea groups is 1. The highest BCUT2D eigenvalue weighted by Gasteiger charge is 2.37. The maximum Gasteiger partial charge on any atom is 0.324 e. The number of carbonyl (C=O) groups excluding carboxylic acids is 3. The van der Waals surface area contributed by atoms with Crippen molar-refractivity contribution in [3.63, 3.8) is 0 Å². The summed E-state index contributed by atoms with van der Waals surface area (Å²) in [5.74, 6) is -0.488. The van der Waals surface area contributed by atoms with Gasteiger partial charge in [0.2, 0.25) is 5.91 Å². The van der Waals surface area contributed by atoms with Crippen LogP contribution in [0.3, 0.4) is 0 Å². The summed E-state index contributed by atoms with van der Waals surface area (Å²) in [6, 6.07) is 8.64. The van der Waals surface area contributed by atoms with Crippen molar-refractivity contribution in [2.75, 3.05) is 11.9 Å². The molecule has 0 bridgehead atoms. The Morgan fingerprint density at radius 3 is 2.67 bits per heavy atom. The normalized spacial score (nSPS) is 16.5. The molecule has 0 aliphatic carbocycles. The van der Waals surface area contributed by atoms with E-state index in [-0.39, 0.29) is 24.7 Å². The van der Waals surface area contributed by atoms with Gasteiger partial charge in [-0.1, -0.05) is 30.3 Å². The van der Waals surface area contributed by atoms with Crippen molar-refractivity contribution >= 4 is 34.3 Å². The van der Waals surface area contributed by atoms with Gasteiger partial charge in [-0.05, 0) is 32.3 Å². The van der Waals surface area contributed by atoms with Gasteiger partial charge >= 0.3 is 6.03 Å². The van der Waals surface area contributed by atoms with Crippen LogP contribution < -0.4 is 10.6 Å². The molecular weight excluding hydrogens is 364 g/mol. The first-order valence-electron chi connectivity index (χ1n) is 8.83. The Hall–Kier alpha value is -2.74. The zero-order valence-corrected chi connectivity index (χ0v) is 16.1. The third-order valence-corrected chi connectivity index (χ3v) is 5.50. The largest absolute Gasteiger partial charge is 0.326 e. The summed E-state index contributed by atoms with van der Waals surface area (Å²) in [6.07, 6.45) is 1.01. The standard InChI is InChI=1S/C19H22N4O3S/c1-12-13(2)27-18(20-12)22-16(24)9-8-15-17(25)23(19(26)21-15)11-10-14-6-4-3-5-7-14/h3-7,15H,8-11H2,1-2H3,(H,21,26)(H,20,22,24)/t15-/m1/s1. The predicted molar refractivity (Wildman–Crippen MR) is 104 cm³/mol. The first-order valence-corrected chi connectivity index (χ1v) is 9.65. The van der Waals surface area contributed by atoms with Gasteiger partial charge in [-0.2, -0.15) is 0 Å². The SMILES string of the molecule is Cc1nc(NC(=O)CC[C@H]2NC(=O)N(CCc3ccccc3)C2=O)sc1C. The molecule has 0 unspecified atom stereocenters. The van der Waals surface area contributed by atoms with Gasteiger partial charge in [-0.25, -0.2) is 9.78 Å². The summed E-state index contributed by atoms with van der Waals surface area (Å²) >= 11 is 1.42. The average molecular weight is 386 g/mol. The summed E-state index contributed by atoms with van der Waals surface area (Å²) < 4.78 is 0. The number of nitrogens with one attached hydrogen (secondary N) is 2. The summed E-state index contributed by atoms with van der Waals surface area (Å²) in [5, 5.41) is 5.97. The maximum atomic E-state index is 12.5. The van der Waals surface area contributed by atoms with Gasteiger partial charge in [-0.3, -0.25) is 14.5 Å². The van der Waals surface area contributed by atoms with Crippen molar-refractivity contribution in [2.24, 2.45) is 0 Å². The molecule has 1 saturated heterocycles. The number of imide groups is 1. The number of hydrogen-bond donors (Lipinski definition) is 2. The van der Waals surface area contributed by atoms with E-state index < -0.39 is 12.1 Å². The molecule has 1 aromatic carbocycles. The van der Waals surface area contributed by atoms with E-state index in [1.54, 1.807) is 0 Å². The fourth-order valence-electron chi connectivity index (χ4n) is 2.85. The molecule has 3 rings (SSSR count). The summed E-state index contributed by atoms with van der Waals surface area (Å²) in [7, 11) is 0. The van der Waals surface area contributed by atoms with Crippen LogP contribution in [-0.2, 0) is 16.0 Å². The molecule has 1 aliphatic heterocycles. The van der Waals surface area contributed by atoms with Crippen molar-refractivity contribution in [2.45, 2.75) is 39.2 Å². The van der Waals surface area contributed by atoms with E-state index in [0.29, 0.717) is 18.1 Å². The molecule has 1 atom stereocenters. The third-order valence-electron chi connectivity index (χ3n) is 4.51. The third kappa shape index (κ3) is 4.71. The molecule has 1 fully saturated rings. The number of amides is 4. The topological polar surface area (TPSA) is 91.4 Å². The molecule has 2 aromatic rings. The highest BCUT2D eigenvalue weighted by molar-refractivity contribution is 7.15. The summed E-state index contributed by atoms with van der Waals surface area (Å²) in [4.78, 5) is 43.2. The number of benzene rings is 1. The van der Waals surface area contributed by atoms with Gasteiger partial charge in [0.05, 0.1) is 5.69 Å². The molecular formula is C19H22N4O3S. The predicted octanol–water partition coefficient (Wildman–Crippen LogP) is 2.64. The van der Waals surface area contributed by atoms with Gasteiger partial charge in [0.1, 0.15) is 6.04 Å². The van der Waals surface area contributed by atoms with Crippen LogP contribution >= 0.6 is 11.3 Å². The quantitative estimate of drug-likeness (QED) is 0.716. The summed E-state index contributed by atoms with van der Waals surface area (Å²) in [5.41, 5.74) is 1.96. The van der Waals surface area contributed by atoms with Gasteiger partial charge in [0.25, 0.3) is 5.91 Å². The number of aryl methyl sites for hydroxylation is 2. The second-order valence-corrected chi connectivity index (χ2v) is 7.68. The number of aromatic nitrogens is 1. The molecule has 0 radical (unpaired) electrons. The Morgan fingerprint density at radius 2 is 2.00 bits per heavy atom. The Balaban J connectivity index is 1.48. The minimum atomic E-state index is -0.654. The van der Waals surface area contributed by atoms with Crippen molar-refractivity contribution in [3.05, 3.63) is 46.5 Å². The molecule has 27 heavy (non-hydrogen) atoms. The molecule has 1 aliphatic rings. The monoisotopic (exact) mass is 386 g/mol. The number of anilines is 1. The van der Waals surface area contributed by atoms with E-state index in [1.807, 2.05) is 44.2 Å². The molecule has 2 N–H and O–H groups in total. The van der Waals surface area contributed by atoms with Crippen molar-refractivity contribution < 1.29 is 14.4 Å². The lowest BCUT2D eigenvalue weighted by atomic mass is 10.1. The molecule has 8 heteroatoms. The highest BCUT2D eigenvalue weighted by atomic mass is 32.1. The minimum absolute atomic E-state index is 0.140. The number of rotatable bonds is 7. The van der Waals surface area contributed by atoms with Crippen LogP contribution in [0.4, 0.5) is 9.93 Å². The zero-order valence-electron chi connectivity index (χ0n) is 15.3. The smallest absolute Gasteiger partial charge is 0.324 e. The highest BCUT2D eigenvalue weighted by Crippen LogP contribution is 2.21. The fourth-order valence-corrected chi connectivity index (χ4v) is 3.68. The second kappa shape index (κ2) is 8.30. The molecule has 7 nitrogen and oxygen atoms in total. The maximum absolute atomic E-state index is 12.5. The van der Waals surface area contributed by atoms with Gasteiger partial charge in [0.15, 0.2) is 5.13 Å². The van der Waals surface area contributed by atoms with Crippen molar-refractivity contribution in [1.29, 1.82) is 0 Å². The molecule has 4 amide bonds. The lowest BCUT2D eigenvalue weighted by Gasteiger charge is -2.13. The van der Waals surface area contributed by atoms with Crippen molar-refractivity contribution in [3.8, 4) is 0 Å². The first kappa shape index (κ1) is 19.0. The van der Waals surface area contributed by atoms with E-state index >= 15 is 0 Å². The molecule has 0 spiro atoms. The molecule has 142 valence electrons. The van der Waals surface area contributed by atoms with Crippen molar-refractivity contribution in [1.82, 2.24) is 15.2 Å². The summed E-state index contributed by atoms with van der Waals surface area (Å²) in [6.45, 7) is 4.16. The lowest BCUT2D eigenvalue weighted by molar-refractivity contribution is -0.127.